The van der Waals surface area contributed by atoms with Crippen LogP contribution in [0, 0.1) is 11.7 Å². The molecule has 0 aliphatic carbocycles. The average Bonchev–Trinajstić information content (AvgIpc) is 2.27. The molecule has 0 atom stereocenters. The van der Waals surface area contributed by atoms with E-state index in [0.29, 0.717) is 19.1 Å². The summed E-state index contributed by atoms with van der Waals surface area (Å²) in [5.74, 6) is 0.182. The topological polar surface area (TPSA) is 21.3 Å². The molecule has 0 saturated heterocycles. The molecular weight excluding hydrogens is 241 g/mol. The molecule has 0 saturated carbocycles. The zero-order chi connectivity index (χ0) is 12.7. The van der Waals surface area contributed by atoms with Gasteiger partial charge >= 0.3 is 0 Å². The van der Waals surface area contributed by atoms with Crippen molar-refractivity contribution in [2.45, 2.75) is 20.4 Å². The van der Waals surface area contributed by atoms with Gasteiger partial charge in [-0.05, 0) is 23.6 Å². The predicted octanol–water partition coefficient (Wildman–Crippen LogP) is 3.24. The van der Waals surface area contributed by atoms with E-state index in [1.165, 1.54) is 6.07 Å². The van der Waals surface area contributed by atoms with Crippen LogP contribution in [-0.4, -0.2) is 19.8 Å². The van der Waals surface area contributed by atoms with Gasteiger partial charge in [0.15, 0.2) is 0 Å². The van der Waals surface area contributed by atoms with Crippen LogP contribution in [0.1, 0.15) is 19.4 Å². The summed E-state index contributed by atoms with van der Waals surface area (Å²) in [5.41, 5.74) is 0.972. The number of halogens is 2. The lowest BCUT2D eigenvalue weighted by Crippen LogP contribution is -2.20. The molecule has 0 heterocycles. The molecule has 0 spiro atoms. The van der Waals surface area contributed by atoms with Gasteiger partial charge in [-0.15, -0.1) is 0 Å². The molecule has 96 valence electrons. The third-order valence-corrected chi connectivity index (χ3v) is 2.48. The number of ether oxygens (including phenoxy) is 1. The van der Waals surface area contributed by atoms with Gasteiger partial charge < -0.3 is 10.1 Å². The van der Waals surface area contributed by atoms with Crippen molar-refractivity contribution < 1.29 is 9.13 Å². The van der Waals surface area contributed by atoms with Crippen molar-refractivity contribution in [3.8, 4) is 0 Å². The van der Waals surface area contributed by atoms with Gasteiger partial charge in [0.05, 0.1) is 11.6 Å². The molecule has 1 N–H and O–H groups in total. The first kappa shape index (κ1) is 14.4. The fraction of sp³-hybridized carbons (Fsp3) is 0.538. The zero-order valence-corrected chi connectivity index (χ0v) is 11.1. The van der Waals surface area contributed by atoms with Crippen LogP contribution in [0.15, 0.2) is 18.2 Å². The Morgan fingerprint density at radius 3 is 2.82 bits per heavy atom. The molecule has 0 aliphatic heterocycles. The first-order valence-electron chi connectivity index (χ1n) is 5.82. The summed E-state index contributed by atoms with van der Waals surface area (Å²) in [5, 5.41) is 3.38. The fourth-order valence-electron chi connectivity index (χ4n) is 1.35. The van der Waals surface area contributed by atoms with Gasteiger partial charge in [-0.2, -0.15) is 0 Å². The summed E-state index contributed by atoms with van der Waals surface area (Å²) in [4.78, 5) is 0. The Bertz CT molecular complexity index is 344. The molecular formula is C13H19ClFNO. The van der Waals surface area contributed by atoms with Crippen LogP contribution in [-0.2, 0) is 11.3 Å². The van der Waals surface area contributed by atoms with Crippen molar-refractivity contribution in [2.75, 3.05) is 19.8 Å². The molecule has 2 nitrogen and oxygen atoms in total. The van der Waals surface area contributed by atoms with Gasteiger partial charge in [0.25, 0.3) is 0 Å². The van der Waals surface area contributed by atoms with Crippen LogP contribution in [0.4, 0.5) is 4.39 Å². The Morgan fingerprint density at radius 1 is 1.41 bits per heavy atom. The van der Waals surface area contributed by atoms with E-state index in [4.69, 9.17) is 16.3 Å². The number of hydrogen-bond donors (Lipinski definition) is 1. The van der Waals surface area contributed by atoms with Crippen LogP contribution >= 0.6 is 11.6 Å². The van der Waals surface area contributed by atoms with Crippen molar-refractivity contribution in [1.82, 2.24) is 5.32 Å². The fourth-order valence-corrected chi connectivity index (χ4v) is 1.55. The maximum absolute atomic E-state index is 12.9. The van der Waals surface area contributed by atoms with E-state index in [0.717, 1.165) is 18.7 Å². The van der Waals surface area contributed by atoms with Crippen LogP contribution in [0.3, 0.4) is 0 Å². The first-order chi connectivity index (χ1) is 8.09. The van der Waals surface area contributed by atoms with Crippen molar-refractivity contribution >= 4 is 11.6 Å². The molecule has 17 heavy (non-hydrogen) atoms. The molecule has 1 aromatic rings. The third kappa shape index (κ3) is 6.01. The summed E-state index contributed by atoms with van der Waals surface area (Å²) in [6.07, 6.45) is 0. The predicted molar refractivity (Wildman–Crippen MR) is 68.8 cm³/mol. The van der Waals surface area contributed by atoms with Gasteiger partial charge in [0, 0.05) is 19.7 Å². The van der Waals surface area contributed by atoms with Crippen LogP contribution in [0.2, 0.25) is 5.02 Å². The SMILES string of the molecule is CC(C)COCCNCc1ccc(F)c(Cl)c1. The summed E-state index contributed by atoms with van der Waals surface area (Å²) in [6, 6.07) is 4.75. The maximum Gasteiger partial charge on any atom is 0.141 e. The van der Waals surface area contributed by atoms with Gasteiger partial charge in [-0.1, -0.05) is 31.5 Å². The normalized spacial score (nSPS) is 11.1. The summed E-state index contributed by atoms with van der Waals surface area (Å²) in [6.45, 7) is 7.16. The van der Waals surface area contributed by atoms with Gasteiger partial charge in [-0.3, -0.25) is 0 Å². The molecule has 0 radical (unpaired) electrons. The average molecular weight is 260 g/mol. The number of rotatable bonds is 7. The van der Waals surface area contributed by atoms with E-state index in [1.807, 2.05) is 0 Å². The lowest BCUT2D eigenvalue weighted by molar-refractivity contribution is 0.111. The molecule has 1 aromatic carbocycles. The van der Waals surface area contributed by atoms with E-state index < -0.39 is 0 Å². The van der Waals surface area contributed by atoms with E-state index in [-0.39, 0.29) is 10.8 Å². The Labute approximate surface area is 107 Å². The van der Waals surface area contributed by atoms with Crippen LogP contribution in [0.25, 0.3) is 0 Å². The molecule has 0 amide bonds. The second kappa shape index (κ2) is 7.64. The largest absolute Gasteiger partial charge is 0.380 e. The number of nitrogens with one attached hydrogen (secondary N) is 1. The molecule has 4 heteroatoms. The van der Waals surface area contributed by atoms with Crippen molar-refractivity contribution in [3.05, 3.63) is 34.6 Å². The minimum Gasteiger partial charge on any atom is -0.380 e. The summed E-state index contributed by atoms with van der Waals surface area (Å²) < 4.78 is 18.3. The quantitative estimate of drug-likeness (QED) is 0.759. The summed E-state index contributed by atoms with van der Waals surface area (Å²) >= 11 is 5.68. The molecule has 0 unspecified atom stereocenters. The van der Waals surface area contributed by atoms with Crippen LogP contribution in [0.5, 0.6) is 0 Å². The zero-order valence-electron chi connectivity index (χ0n) is 10.3. The second-order valence-corrected chi connectivity index (χ2v) is 4.80. The maximum atomic E-state index is 12.9. The van der Waals surface area contributed by atoms with Crippen molar-refractivity contribution in [1.29, 1.82) is 0 Å². The molecule has 1 rings (SSSR count). The minimum absolute atomic E-state index is 0.167. The molecule has 0 fully saturated rings. The van der Waals surface area contributed by atoms with Crippen molar-refractivity contribution in [3.63, 3.8) is 0 Å². The van der Waals surface area contributed by atoms with E-state index >= 15 is 0 Å². The lowest BCUT2D eigenvalue weighted by atomic mass is 10.2. The minimum atomic E-state index is -0.379. The second-order valence-electron chi connectivity index (χ2n) is 4.39. The lowest BCUT2D eigenvalue weighted by Gasteiger charge is -2.08. The third-order valence-electron chi connectivity index (χ3n) is 2.19. The smallest absolute Gasteiger partial charge is 0.141 e. The van der Waals surface area contributed by atoms with E-state index in [2.05, 4.69) is 19.2 Å². The highest BCUT2D eigenvalue weighted by atomic mass is 35.5. The van der Waals surface area contributed by atoms with Gasteiger partial charge in [0.2, 0.25) is 0 Å². The Balaban J connectivity index is 2.16. The monoisotopic (exact) mass is 259 g/mol. The standard InChI is InChI=1S/C13H19ClFNO/c1-10(2)9-17-6-5-16-8-11-3-4-13(15)12(14)7-11/h3-4,7,10,16H,5-6,8-9H2,1-2H3. The highest BCUT2D eigenvalue weighted by molar-refractivity contribution is 6.30. The summed E-state index contributed by atoms with van der Waals surface area (Å²) in [7, 11) is 0. The number of hydrogen-bond acceptors (Lipinski definition) is 2. The highest BCUT2D eigenvalue weighted by Gasteiger charge is 2.00. The van der Waals surface area contributed by atoms with Crippen LogP contribution < -0.4 is 5.32 Å². The molecule has 0 aliphatic rings. The van der Waals surface area contributed by atoms with E-state index in [9.17, 15) is 4.39 Å². The number of benzene rings is 1. The van der Waals surface area contributed by atoms with E-state index in [1.54, 1.807) is 12.1 Å². The van der Waals surface area contributed by atoms with Gasteiger partial charge in [-0.25, -0.2) is 4.39 Å². The van der Waals surface area contributed by atoms with Crippen molar-refractivity contribution in [2.24, 2.45) is 5.92 Å². The Kier molecular flexibility index (Phi) is 6.48. The molecule has 0 aromatic heterocycles. The molecule has 0 bridgehead atoms. The Morgan fingerprint density at radius 2 is 2.18 bits per heavy atom. The first-order valence-corrected chi connectivity index (χ1v) is 6.19. The highest BCUT2D eigenvalue weighted by Crippen LogP contribution is 2.15. The Hall–Kier alpha value is -0.640. The van der Waals surface area contributed by atoms with Gasteiger partial charge in [0.1, 0.15) is 5.82 Å².